The van der Waals surface area contributed by atoms with Crippen LogP contribution in [0.15, 0.2) is 17.5 Å². The van der Waals surface area contributed by atoms with Gasteiger partial charge >= 0.3 is 0 Å². The first-order chi connectivity index (χ1) is 13.4. The summed E-state index contributed by atoms with van der Waals surface area (Å²) in [5, 5.41) is 2.00. The molecule has 1 aliphatic carbocycles. The fourth-order valence-corrected chi connectivity index (χ4v) is 4.06. The SMILES string of the molecule is C1CCCC1.CCC(=O)Cc1cccs1.CCCCCCCCS(=O)(=O)OF. The van der Waals surface area contributed by atoms with Crippen molar-refractivity contribution in [2.24, 2.45) is 0 Å². The molecule has 0 saturated heterocycles. The van der Waals surface area contributed by atoms with Gasteiger partial charge in [-0.25, -0.2) is 0 Å². The van der Waals surface area contributed by atoms with Crippen LogP contribution in [0.3, 0.4) is 0 Å². The molecule has 4 nitrogen and oxygen atoms in total. The predicted octanol–water partition coefficient (Wildman–Crippen LogP) is 6.80. The average molecular weight is 437 g/mol. The third-order valence-corrected chi connectivity index (χ3v) is 6.30. The van der Waals surface area contributed by atoms with Gasteiger partial charge in [0.2, 0.25) is 0 Å². The Morgan fingerprint density at radius 1 is 1.04 bits per heavy atom. The zero-order valence-corrected chi connectivity index (χ0v) is 19.1. The maximum atomic E-state index is 11.3. The number of carbonyl (C=O) groups is 1. The van der Waals surface area contributed by atoms with E-state index in [2.05, 4.69) is 11.3 Å². The minimum absolute atomic E-state index is 0.213. The molecule has 0 N–H and O–H groups in total. The van der Waals surface area contributed by atoms with Crippen molar-refractivity contribution in [3.05, 3.63) is 22.4 Å². The Labute approximate surface area is 174 Å². The molecule has 0 unspecified atom stereocenters. The Hall–Kier alpha value is -0.790. The highest BCUT2D eigenvalue weighted by molar-refractivity contribution is 7.86. The average Bonchev–Trinajstić information content (AvgIpc) is 3.41. The largest absolute Gasteiger partial charge is 0.299 e. The lowest BCUT2D eigenvalue weighted by molar-refractivity contribution is -0.118. The lowest BCUT2D eigenvalue weighted by Crippen LogP contribution is -2.05. The van der Waals surface area contributed by atoms with Crippen molar-refractivity contribution >= 4 is 27.2 Å². The molecule has 0 amide bonds. The van der Waals surface area contributed by atoms with Gasteiger partial charge in [0.05, 0.1) is 5.75 Å². The summed E-state index contributed by atoms with van der Waals surface area (Å²) in [5.74, 6) is 0.109. The van der Waals surface area contributed by atoms with Crippen molar-refractivity contribution < 1.29 is 22.1 Å². The van der Waals surface area contributed by atoms with Gasteiger partial charge in [-0.2, -0.15) is 8.42 Å². The van der Waals surface area contributed by atoms with Gasteiger partial charge in [0.1, 0.15) is 5.78 Å². The summed E-state index contributed by atoms with van der Waals surface area (Å²) in [6.45, 7) is 4.01. The number of rotatable bonds is 11. The molecular formula is C21H37FO4S2. The van der Waals surface area contributed by atoms with Crippen molar-refractivity contribution in [1.29, 1.82) is 0 Å². The molecule has 0 spiro atoms. The molecule has 1 aliphatic rings. The summed E-state index contributed by atoms with van der Waals surface area (Å²) in [6, 6.07) is 3.97. The van der Waals surface area contributed by atoms with E-state index in [1.165, 1.54) is 43.4 Å². The Morgan fingerprint density at radius 2 is 1.61 bits per heavy atom. The topological polar surface area (TPSA) is 60.4 Å². The zero-order valence-electron chi connectivity index (χ0n) is 17.5. The minimum Gasteiger partial charge on any atom is -0.299 e. The lowest BCUT2D eigenvalue weighted by atomic mass is 10.1. The van der Waals surface area contributed by atoms with Crippen LogP contribution >= 0.6 is 11.3 Å². The van der Waals surface area contributed by atoms with E-state index in [9.17, 15) is 17.7 Å². The molecule has 2 rings (SSSR count). The van der Waals surface area contributed by atoms with E-state index in [0.29, 0.717) is 25.0 Å². The second-order valence-corrected chi connectivity index (χ2v) is 9.69. The molecule has 7 heteroatoms. The molecule has 0 aliphatic heterocycles. The number of carbonyl (C=O) groups excluding carboxylic acids is 1. The summed E-state index contributed by atoms with van der Waals surface area (Å²) in [6.07, 6.45) is 14.5. The van der Waals surface area contributed by atoms with Crippen LogP contribution in [-0.2, 0) is 25.7 Å². The fraction of sp³-hybridized carbons (Fsp3) is 0.762. The maximum Gasteiger partial charge on any atom is 0.297 e. The molecule has 164 valence electrons. The quantitative estimate of drug-likeness (QED) is 0.358. The number of hydrogen-bond donors (Lipinski definition) is 0. The first-order valence-corrected chi connectivity index (χ1v) is 13.0. The van der Waals surface area contributed by atoms with Gasteiger partial charge in [0.25, 0.3) is 10.1 Å². The van der Waals surface area contributed by atoms with Crippen molar-refractivity contribution in [3.63, 3.8) is 0 Å². The van der Waals surface area contributed by atoms with Crippen LogP contribution in [-0.4, -0.2) is 20.0 Å². The first kappa shape index (κ1) is 27.2. The van der Waals surface area contributed by atoms with Gasteiger partial charge in [-0.05, 0) is 22.4 Å². The highest BCUT2D eigenvalue weighted by atomic mass is 32.2. The smallest absolute Gasteiger partial charge is 0.297 e. The van der Waals surface area contributed by atoms with Gasteiger partial charge in [0.15, 0.2) is 0 Å². The second-order valence-electron chi connectivity index (χ2n) is 7.01. The molecule has 1 saturated carbocycles. The molecule has 1 fully saturated rings. The molecule has 1 aromatic rings. The molecule has 0 radical (unpaired) electrons. The zero-order chi connectivity index (χ0) is 21.1. The van der Waals surface area contributed by atoms with Crippen LogP contribution in [0.1, 0.15) is 95.8 Å². The highest BCUT2D eigenvalue weighted by Gasteiger charge is 2.10. The number of Topliss-reactive ketones (excluding diaryl/α,β-unsaturated/α-hetero) is 1. The Balaban J connectivity index is 0.000000425. The van der Waals surface area contributed by atoms with E-state index < -0.39 is 10.1 Å². The molecule has 1 aromatic heterocycles. The first-order valence-electron chi connectivity index (χ1n) is 10.5. The van der Waals surface area contributed by atoms with E-state index in [0.717, 1.165) is 25.7 Å². The van der Waals surface area contributed by atoms with Crippen LogP contribution in [0, 0.1) is 0 Å². The fourth-order valence-electron chi connectivity index (χ4n) is 2.71. The summed E-state index contributed by atoms with van der Waals surface area (Å²) in [4.78, 5) is 12.1. The van der Waals surface area contributed by atoms with Crippen molar-refractivity contribution in [2.75, 3.05) is 5.75 Å². The summed E-state index contributed by atoms with van der Waals surface area (Å²) >= 11 is 1.65. The van der Waals surface area contributed by atoms with Crippen molar-refractivity contribution in [2.45, 2.75) is 97.3 Å². The van der Waals surface area contributed by atoms with E-state index in [1.807, 2.05) is 24.4 Å². The van der Waals surface area contributed by atoms with E-state index in [1.54, 1.807) is 11.3 Å². The molecule has 28 heavy (non-hydrogen) atoms. The third kappa shape index (κ3) is 17.3. The molecule has 0 aromatic carbocycles. The summed E-state index contributed by atoms with van der Waals surface area (Å²) in [7, 11) is -3.88. The standard InChI is InChI=1S/C8H17FO3S.C8H10OS.C5H10/c1-2-3-4-5-6-7-8-13(10,11)12-9;1-2-7(9)6-8-4-3-5-10-8;1-2-4-5-3-1/h2-8H2,1H3;3-5H,2,6H2,1H3;1-5H2. The van der Waals surface area contributed by atoms with E-state index in [4.69, 9.17) is 0 Å². The van der Waals surface area contributed by atoms with Gasteiger partial charge in [-0.15, -0.1) is 11.3 Å². The lowest BCUT2D eigenvalue weighted by Gasteiger charge is -1.99. The number of thiophene rings is 1. The predicted molar refractivity (Wildman–Crippen MR) is 116 cm³/mol. The van der Waals surface area contributed by atoms with Crippen LogP contribution in [0.25, 0.3) is 0 Å². The van der Waals surface area contributed by atoms with Crippen molar-refractivity contribution in [3.8, 4) is 0 Å². The van der Waals surface area contributed by atoms with Crippen LogP contribution < -0.4 is 0 Å². The van der Waals surface area contributed by atoms with Crippen molar-refractivity contribution in [1.82, 2.24) is 0 Å². The molecule has 0 bridgehead atoms. The van der Waals surface area contributed by atoms with E-state index in [-0.39, 0.29) is 5.75 Å². The Bertz CT molecular complexity index is 560. The number of hydrogen-bond acceptors (Lipinski definition) is 5. The van der Waals surface area contributed by atoms with Gasteiger partial charge in [-0.3, -0.25) is 4.79 Å². The second kappa shape index (κ2) is 18.3. The van der Waals surface area contributed by atoms with Gasteiger partial charge < -0.3 is 0 Å². The monoisotopic (exact) mass is 436 g/mol. The summed E-state index contributed by atoms with van der Waals surface area (Å²) in [5.41, 5.74) is 0. The third-order valence-electron chi connectivity index (χ3n) is 4.44. The van der Waals surface area contributed by atoms with Crippen LogP contribution in [0.5, 0.6) is 0 Å². The van der Waals surface area contributed by atoms with Crippen LogP contribution in [0.2, 0.25) is 0 Å². The number of halogens is 1. The molecular weight excluding hydrogens is 399 g/mol. The molecule has 0 atom stereocenters. The van der Waals surface area contributed by atoms with Crippen LogP contribution in [0.4, 0.5) is 4.53 Å². The summed E-state index contributed by atoms with van der Waals surface area (Å²) < 4.78 is 35.1. The maximum absolute atomic E-state index is 11.3. The number of unbranched alkanes of at least 4 members (excludes halogenated alkanes) is 5. The van der Waals surface area contributed by atoms with Gasteiger partial charge in [-0.1, -0.05) is 88.5 Å². The van der Waals surface area contributed by atoms with E-state index >= 15 is 0 Å². The highest BCUT2D eigenvalue weighted by Crippen LogP contribution is 2.15. The Kier molecular flexibility index (Phi) is 17.7. The Morgan fingerprint density at radius 3 is 2.07 bits per heavy atom. The molecule has 1 heterocycles. The van der Waals surface area contributed by atoms with Gasteiger partial charge in [0, 0.05) is 17.7 Å². The minimum atomic E-state index is -3.88. The normalized spacial score (nSPS) is 13.2. The number of ketones is 1.